The number of benzene rings is 1. The number of fused-ring (bicyclic) bond motifs is 1. The Morgan fingerprint density at radius 3 is 3.05 bits per heavy atom. The Hall–Kier alpha value is -2.17. The number of carbonyl (C=O) groups is 1. The third-order valence-electron chi connectivity index (χ3n) is 3.79. The van der Waals surface area contributed by atoms with Crippen molar-refractivity contribution in [3.8, 4) is 0 Å². The summed E-state index contributed by atoms with van der Waals surface area (Å²) in [5, 5.41) is 3.98. The van der Waals surface area contributed by atoms with E-state index in [-0.39, 0.29) is 5.78 Å². The molecular weight excluding hydrogens is 266 g/mol. The van der Waals surface area contributed by atoms with Crippen molar-refractivity contribution >= 4 is 11.5 Å². The second kappa shape index (κ2) is 5.68. The van der Waals surface area contributed by atoms with Gasteiger partial charge in [0.25, 0.3) is 0 Å². The van der Waals surface area contributed by atoms with Gasteiger partial charge in [-0.2, -0.15) is 4.98 Å². The van der Waals surface area contributed by atoms with Crippen LogP contribution in [0.1, 0.15) is 47.9 Å². The molecule has 3 rings (SSSR count). The molecule has 0 N–H and O–H groups in total. The Labute approximate surface area is 124 Å². The lowest BCUT2D eigenvalue weighted by atomic mass is 10.1. The van der Waals surface area contributed by atoms with E-state index in [1.807, 2.05) is 18.2 Å². The predicted octanol–water partition coefficient (Wildman–Crippen LogP) is 2.79. The van der Waals surface area contributed by atoms with Crippen molar-refractivity contribution in [2.24, 2.45) is 0 Å². The minimum atomic E-state index is 0.109. The summed E-state index contributed by atoms with van der Waals surface area (Å²) in [5.74, 6) is 1.54. The first-order valence-corrected chi connectivity index (χ1v) is 7.37. The van der Waals surface area contributed by atoms with Gasteiger partial charge in [-0.3, -0.25) is 4.79 Å². The van der Waals surface area contributed by atoms with Crippen molar-refractivity contribution in [2.45, 2.75) is 39.7 Å². The first-order chi connectivity index (χ1) is 10.2. The molecule has 2 aromatic rings. The highest BCUT2D eigenvalue weighted by molar-refractivity contribution is 5.94. The molecule has 1 aliphatic rings. The van der Waals surface area contributed by atoms with E-state index in [9.17, 15) is 4.79 Å². The molecule has 0 spiro atoms. The molecule has 1 aromatic carbocycles. The summed E-state index contributed by atoms with van der Waals surface area (Å²) in [6.07, 6.45) is 2.81. The topological polar surface area (TPSA) is 59.2 Å². The van der Waals surface area contributed by atoms with E-state index in [0.717, 1.165) is 42.9 Å². The highest BCUT2D eigenvalue weighted by atomic mass is 16.5. The maximum atomic E-state index is 11.4. The van der Waals surface area contributed by atoms with Crippen LogP contribution in [0.3, 0.4) is 0 Å². The second-order valence-corrected chi connectivity index (χ2v) is 5.43. The number of aryl methyl sites for hydroxylation is 1. The van der Waals surface area contributed by atoms with Gasteiger partial charge in [0.05, 0.1) is 6.54 Å². The van der Waals surface area contributed by atoms with Gasteiger partial charge in [-0.05, 0) is 43.5 Å². The molecule has 5 heteroatoms. The van der Waals surface area contributed by atoms with Gasteiger partial charge in [0, 0.05) is 24.2 Å². The van der Waals surface area contributed by atoms with Crippen LogP contribution in [0.4, 0.5) is 5.69 Å². The molecule has 0 amide bonds. The number of rotatable bonds is 5. The smallest absolute Gasteiger partial charge is 0.246 e. The molecule has 0 radical (unpaired) electrons. The zero-order chi connectivity index (χ0) is 14.8. The molecule has 0 atom stereocenters. The Kier molecular flexibility index (Phi) is 3.73. The van der Waals surface area contributed by atoms with E-state index in [0.29, 0.717) is 12.4 Å². The Morgan fingerprint density at radius 1 is 1.43 bits per heavy atom. The molecule has 1 aliphatic heterocycles. The molecule has 0 unspecified atom stereocenters. The predicted molar refractivity (Wildman–Crippen MR) is 79.5 cm³/mol. The van der Waals surface area contributed by atoms with Crippen molar-refractivity contribution in [2.75, 3.05) is 11.4 Å². The van der Waals surface area contributed by atoms with Gasteiger partial charge in [-0.15, -0.1) is 0 Å². The third-order valence-corrected chi connectivity index (χ3v) is 3.79. The van der Waals surface area contributed by atoms with E-state index in [2.05, 4.69) is 22.0 Å². The molecule has 0 bridgehead atoms. The highest BCUT2D eigenvalue weighted by Gasteiger charge is 2.22. The average Bonchev–Trinajstić information content (AvgIpc) is 3.07. The maximum absolute atomic E-state index is 11.4. The van der Waals surface area contributed by atoms with Gasteiger partial charge in [-0.1, -0.05) is 12.1 Å². The van der Waals surface area contributed by atoms with E-state index < -0.39 is 0 Å². The number of carbonyl (C=O) groups excluding carboxylic acids is 1. The number of anilines is 1. The quantitative estimate of drug-likeness (QED) is 0.791. The van der Waals surface area contributed by atoms with Crippen LogP contribution in [-0.2, 0) is 19.4 Å². The largest absolute Gasteiger partial charge is 0.362 e. The van der Waals surface area contributed by atoms with Crippen LogP contribution in [0.2, 0.25) is 0 Å². The highest BCUT2D eigenvalue weighted by Crippen LogP contribution is 2.30. The summed E-state index contributed by atoms with van der Waals surface area (Å²) in [7, 11) is 0. The van der Waals surface area contributed by atoms with E-state index >= 15 is 0 Å². The SMILES string of the molecule is CCCc1noc(CN2CCc3cc(C(C)=O)ccc32)n1. The fourth-order valence-corrected chi connectivity index (χ4v) is 2.70. The minimum Gasteiger partial charge on any atom is -0.362 e. The van der Waals surface area contributed by atoms with E-state index in [1.54, 1.807) is 6.92 Å². The normalized spacial score (nSPS) is 13.5. The molecule has 1 aromatic heterocycles. The summed E-state index contributed by atoms with van der Waals surface area (Å²) in [4.78, 5) is 18.1. The molecule has 0 saturated heterocycles. The standard InChI is InChI=1S/C16H19N3O2/c1-3-4-15-17-16(21-18-15)10-19-8-7-13-9-12(11(2)20)5-6-14(13)19/h5-6,9H,3-4,7-8,10H2,1-2H3. The summed E-state index contributed by atoms with van der Waals surface area (Å²) < 4.78 is 5.30. The van der Waals surface area contributed by atoms with Crippen molar-refractivity contribution in [3.63, 3.8) is 0 Å². The average molecular weight is 285 g/mol. The lowest BCUT2D eigenvalue weighted by Gasteiger charge is -2.16. The Morgan fingerprint density at radius 2 is 2.29 bits per heavy atom. The lowest BCUT2D eigenvalue weighted by Crippen LogP contribution is -2.19. The van der Waals surface area contributed by atoms with E-state index in [1.165, 1.54) is 5.56 Å². The molecular formula is C16H19N3O2. The monoisotopic (exact) mass is 285 g/mol. The number of hydrogen-bond acceptors (Lipinski definition) is 5. The van der Waals surface area contributed by atoms with Crippen LogP contribution in [0.15, 0.2) is 22.7 Å². The van der Waals surface area contributed by atoms with Crippen molar-refractivity contribution in [1.29, 1.82) is 0 Å². The molecule has 2 heterocycles. The fourth-order valence-electron chi connectivity index (χ4n) is 2.70. The molecule has 21 heavy (non-hydrogen) atoms. The summed E-state index contributed by atoms with van der Waals surface area (Å²) in [6.45, 7) is 5.24. The van der Waals surface area contributed by atoms with Crippen molar-refractivity contribution in [1.82, 2.24) is 10.1 Å². The first-order valence-electron chi connectivity index (χ1n) is 7.37. The van der Waals surface area contributed by atoms with Crippen LogP contribution in [0.25, 0.3) is 0 Å². The minimum absolute atomic E-state index is 0.109. The number of aromatic nitrogens is 2. The fraction of sp³-hybridized carbons (Fsp3) is 0.438. The summed E-state index contributed by atoms with van der Waals surface area (Å²) in [5.41, 5.74) is 3.16. The van der Waals surface area contributed by atoms with Crippen LogP contribution in [-0.4, -0.2) is 22.5 Å². The molecule has 5 nitrogen and oxygen atoms in total. The van der Waals surface area contributed by atoms with Crippen LogP contribution in [0, 0.1) is 0 Å². The molecule has 0 fully saturated rings. The maximum Gasteiger partial charge on any atom is 0.246 e. The van der Waals surface area contributed by atoms with Gasteiger partial charge in [0.1, 0.15) is 0 Å². The zero-order valence-corrected chi connectivity index (χ0v) is 12.4. The third kappa shape index (κ3) is 2.82. The van der Waals surface area contributed by atoms with Crippen molar-refractivity contribution in [3.05, 3.63) is 41.0 Å². The van der Waals surface area contributed by atoms with Gasteiger partial charge < -0.3 is 9.42 Å². The number of ketones is 1. The Balaban J connectivity index is 1.76. The molecule has 0 saturated carbocycles. The molecule has 0 aliphatic carbocycles. The van der Waals surface area contributed by atoms with Crippen LogP contribution >= 0.6 is 0 Å². The number of Topliss-reactive ketones (excluding diaryl/α,β-unsaturated/α-hetero) is 1. The van der Waals surface area contributed by atoms with E-state index in [4.69, 9.17) is 4.52 Å². The molecule has 110 valence electrons. The number of hydrogen-bond donors (Lipinski definition) is 0. The summed E-state index contributed by atoms with van der Waals surface area (Å²) in [6, 6.07) is 5.90. The van der Waals surface area contributed by atoms with Gasteiger partial charge in [-0.25, -0.2) is 0 Å². The van der Waals surface area contributed by atoms with Crippen LogP contribution < -0.4 is 4.90 Å². The first kappa shape index (κ1) is 13.8. The van der Waals surface area contributed by atoms with Gasteiger partial charge in [0.2, 0.25) is 5.89 Å². The van der Waals surface area contributed by atoms with Gasteiger partial charge in [0.15, 0.2) is 11.6 Å². The Bertz CT molecular complexity index is 663. The number of nitrogens with zero attached hydrogens (tertiary/aromatic N) is 3. The van der Waals surface area contributed by atoms with Crippen LogP contribution in [0.5, 0.6) is 0 Å². The summed E-state index contributed by atoms with van der Waals surface area (Å²) >= 11 is 0. The second-order valence-electron chi connectivity index (χ2n) is 5.43. The lowest BCUT2D eigenvalue weighted by molar-refractivity contribution is 0.101. The zero-order valence-electron chi connectivity index (χ0n) is 12.4. The van der Waals surface area contributed by atoms with Gasteiger partial charge >= 0.3 is 0 Å². The van der Waals surface area contributed by atoms with Crippen molar-refractivity contribution < 1.29 is 9.32 Å².